The molecule has 0 spiro atoms. The number of aryl methyl sites for hydroxylation is 1. The standard InChI is InChI=1S/C17H13N3S2/c1-11-18-13-7-3-2-6-12(13)17(19-11)21-10-16-20-14-8-4-5-9-15(14)22-16/h2-9H,10H2,1H3. The van der Waals surface area contributed by atoms with Gasteiger partial charge in [-0.05, 0) is 25.1 Å². The molecule has 0 radical (unpaired) electrons. The lowest BCUT2D eigenvalue weighted by molar-refractivity contribution is 1.01. The molecule has 0 atom stereocenters. The molecule has 0 amide bonds. The molecule has 3 nitrogen and oxygen atoms in total. The van der Waals surface area contributed by atoms with Crippen molar-refractivity contribution in [2.45, 2.75) is 17.7 Å². The highest BCUT2D eigenvalue weighted by molar-refractivity contribution is 7.98. The number of para-hydroxylation sites is 2. The van der Waals surface area contributed by atoms with Crippen molar-refractivity contribution in [2.75, 3.05) is 0 Å². The molecule has 108 valence electrons. The molecule has 0 aliphatic heterocycles. The van der Waals surface area contributed by atoms with Gasteiger partial charge in [0.05, 0.1) is 21.5 Å². The first-order chi connectivity index (χ1) is 10.8. The van der Waals surface area contributed by atoms with E-state index in [-0.39, 0.29) is 0 Å². The monoisotopic (exact) mass is 323 g/mol. The van der Waals surface area contributed by atoms with Crippen molar-refractivity contribution in [1.82, 2.24) is 15.0 Å². The number of fused-ring (bicyclic) bond motifs is 2. The van der Waals surface area contributed by atoms with Gasteiger partial charge >= 0.3 is 0 Å². The zero-order chi connectivity index (χ0) is 14.9. The van der Waals surface area contributed by atoms with Gasteiger partial charge in [0.2, 0.25) is 0 Å². The van der Waals surface area contributed by atoms with Crippen LogP contribution in [0.5, 0.6) is 0 Å². The van der Waals surface area contributed by atoms with Crippen molar-refractivity contribution in [3.8, 4) is 0 Å². The van der Waals surface area contributed by atoms with E-state index in [1.165, 1.54) is 4.70 Å². The first-order valence-corrected chi connectivity index (χ1v) is 8.80. The smallest absolute Gasteiger partial charge is 0.127 e. The Morgan fingerprint density at radius 3 is 2.55 bits per heavy atom. The number of rotatable bonds is 3. The van der Waals surface area contributed by atoms with Gasteiger partial charge < -0.3 is 0 Å². The Labute approximate surface area is 136 Å². The Hall–Kier alpha value is -1.98. The van der Waals surface area contributed by atoms with E-state index in [4.69, 9.17) is 0 Å². The van der Waals surface area contributed by atoms with Crippen LogP contribution in [0.2, 0.25) is 0 Å². The number of nitrogens with zero attached hydrogens (tertiary/aromatic N) is 3. The van der Waals surface area contributed by atoms with Crippen molar-refractivity contribution >= 4 is 44.2 Å². The quantitative estimate of drug-likeness (QED) is 0.399. The summed E-state index contributed by atoms with van der Waals surface area (Å²) in [6.45, 7) is 1.94. The largest absolute Gasteiger partial charge is 0.240 e. The maximum atomic E-state index is 4.68. The van der Waals surface area contributed by atoms with Gasteiger partial charge in [-0.3, -0.25) is 0 Å². The second kappa shape index (κ2) is 5.66. The Kier molecular flexibility index (Phi) is 3.52. The lowest BCUT2D eigenvalue weighted by Crippen LogP contribution is -1.92. The lowest BCUT2D eigenvalue weighted by atomic mass is 10.2. The van der Waals surface area contributed by atoms with Gasteiger partial charge in [-0.25, -0.2) is 15.0 Å². The zero-order valence-electron chi connectivity index (χ0n) is 12.0. The van der Waals surface area contributed by atoms with Crippen LogP contribution in [0.25, 0.3) is 21.1 Å². The van der Waals surface area contributed by atoms with Crippen molar-refractivity contribution in [3.05, 3.63) is 59.4 Å². The Bertz CT molecular complexity index is 929. The molecule has 5 heteroatoms. The normalized spacial score (nSPS) is 11.3. The molecule has 0 saturated heterocycles. The van der Waals surface area contributed by atoms with Gasteiger partial charge in [0.1, 0.15) is 15.9 Å². The molecular weight excluding hydrogens is 310 g/mol. The van der Waals surface area contributed by atoms with E-state index in [1.807, 2.05) is 31.2 Å². The summed E-state index contributed by atoms with van der Waals surface area (Å²) in [5.74, 6) is 1.64. The van der Waals surface area contributed by atoms with Gasteiger partial charge in [0.15, 0.2) is 0 Å². The molecule has 22 heavy (non-hydrogen) atoms. The molecule has 0 saturated carbocycles. The minimum absolute atomic E-state index is 0.811. The molecule has 0 bridgehead atoms. The molecule has 0 aliphatic rings. The summed E-state index contributed by atoms with van der Waals surface area (Å²) in [6.07, 6.45) is 0. The molecule has 0 fully saturated rings. The summed E-state index contributed by atoms with van der Waals surface area (Å²) in [5.41, 5.74) is 2.08. The Balaban J connectivity index is 1.66. The number of benzene rings is 2. The van der Waals surface area contributed by atoms with Gasteiger partial charge in [-0.1, -0.05) is 42.1 Å². The van der Waals surface area contributed by atoms with E-state index in [0.717, 1.165) is 38.0 Å². The molecule has 0 unspecified atom stereocenters. The predicted molar refractivity (Wildman–Crippen MR) is 93.5 cm³/mol. The minimum Gasteiger partial charge on any atom is -0.240 e. The van der Waals surface area contributed by atoms with E-state index in [2.05, 4.69) is 39.2 Å². The van der Waals surface area contributed by atoms with Gasteiger partial charge in [-0.15, -0.1) is 11.3 Å². The Morgan fingerprint density at radius 1 is 0.909 bits per heavy atom. The summed E-state index contributed by atoms with van der Waals surface area (Å²) in [6, 6.07) is 16.4. The van der Waals surface area contributed by atoms with Crippen LogP contribution < -0.4 is 0 Å². The molecule has 4 rings (SSSR count). The van der Waals surface area contributed by atoms with E-state index >= 15 is 0 Å². The maximum Gasteiger partial charge on any atom is 0.127 e. The van der Waals surface area contributed by atoms with Crippen LogP contribution >= 0.6 is 23.1 Å². The summed E-state index contributed by atoms with van der Waals surface area (Å²) in [4.78, 5) is 13.8. The van der Waals surface area contributed by atoms with Crippen LogP contribution in [0.3, 0.4) is 0 Å². The molecule has 4 aromatic rings. The minimum atomic E-state index is 0.811. The molecular formula is C17H13N3S2. The number of aromatic nitrogens is 3. The Morgan fingerprint density at radius 2 is 1.68 bits per heavy atom. The second-order valence-electron chi connectivity index (χ2n) is 4.96. The van der Waals surface area contributed by atoms with Crippen molar-refractivity contribution < 1.29 is 0 Å². The summed E-state index contributed by atoms with van der Waals surface area (Å²) < 4.78 is 1.24. The third kappa shape index (κ3) is 2.58. The van der Waals surface area contributed by atoms with Crippen LogP contribution in [0.1, 0.15) is 10.8 Å². The highest BCUT2D eigenvalue weighted by Gasteiger charge is 2.08. The van der Waals surface area contributed by atoms with Crippen molar-refractivity contribution in [2.24, 2.45) is 0 Å². The number of hydrogen-bond acceptors (Lipinski definition) is 5. The third-order valence-electron chi connectivity index (χ3n) is 3.35. The lowest BCUT2D eigenvalue weighted by Gasteiger charge is -2.05. The average molecular weight is 323 g/mol. The summed E-state index contributed by atoms with van der Waals surface area (Å²) >= 11 is 3.48. The second-order valence-corrected chi connectivity index (χ2v) is 7.04. The van der Waals surface area contributed by atoms with Crippen molar-refractivity contribution in [1.29, 1.82) is 0 Å². The highest BCUT2D eigenvalue weighted by Crippen LogP contribution is 2.31. The van der Waals surface area contributed by atoms with Crippen LogP contribution in [0, 0.1) is 6.92 Å². The van der Waals surface area contributed by atoms with Crippen LogP contribution in [0.15, 0.2) is 53.6 Å². The first-order valence-electron chi connectivity index (χ1n) is 7.00. The van der Waals surface area contributed by atoms with E-state index < -0.39 is 0 Å². The molecule has 0 aliphatic carbocycles. The summed E-state index contributed by atoms with van der Waals surface area (Å²) in [5, 5.41) is 3.27. The predicted octanol–water partition coefficient (Wildman–Crippen LogP) is 4.84. The SMILES string of the molecule is Cc1nc(SCc2nc3ccccc3s2)c2ccccc2n1. The maximum absolute atomic E-state index is 4.68. The fourth-order valence-corrected chi connectivity index (χ4v) is 4.40. The van der Waals surface area contributed by atoms with Crippen LogP contribution in [0.4, 0.5) is 0 Å². The molecule has 0 N–H and O–H groups in total. The fraction of sp³-hybridized carbons (Fsp3) is 0.118. The highest BCUT2D eigenvalue weighted by atomic mass is 32.2. The molecule has 2 aromatic carbocycles. The number of thioether (sulfide) groups is 1. The molecule has 2 aromatic heterocycles. The van der Waals surface area contributed by atoms with E-state index in [0.29, 0.717) is 0 Å². The van der Waals surface area contributed by atoms with Crippen LogP contribution in [-0.4, -0.2) is 15.0 Å². The van der Waals surface area contributed by atoms with E-state index in [1.54, 1.807) is 23.1 Å². The number of hydrogen-bond donors (Lipinski definition) is 0. The number of thiazole rings is 1. The van der Waals surface area contributed by atoms with Crippen molar-refractivity contribution in [3.63, 3.8) is 0 Å². The fourth-order valence-electron chi connectivity index (χ4n) is 2.38. The summed E-state index contributed by atoms with van der Waals surface area (Å²) in [7, 11) is 0. The van der Waals surface area contributed by atoms with E-state index in [9.17, 15) is 0 Å². The zero-order valence-corrected chi connectivity index (χ0v) is 13.6. The third-order valence-corrected chi connectivity index (χ3v) is 5.57. The average Bonchev–Trinajstić information content (AvgIpc) is 2.95. The molecule has 2 heterocycles. The first kappa shape index (κ1) is 13.7. The van der Waals surface area contributed by atoms with Crippen LogP contribution in [-0.2, 0) is 5.75 Å². The van der Waals surface area contributed by atoms with Gasteiger partial charge in [0.25, 0.3) is 0 Å². The van der Waals surface area contributed by atoms with Gasteiger partial charge in [0, 0.05) is 5.39 Å². The van der Waals surface area contributed by atoms with Gasteiger partial charge in [-0.2, -0.15) is 0 Å². The topological polar surface area (TPSA) is 38.7 Å².